The number of hydrogen-bond donors (Lipinski definition) is 1. The number of aliphatic hydroxyl groups excluding tert-OH is 1. The van der Waals surface area contributed by atoms with Gasteiger partial charge in [0, 0.05) is 0 Å². The van der Waals surface area contributed by atoms with Crippen LogP contribution in [0.15, 0.2) is 0 Å². The smallest absolute Gasteiger partial charge is 0.0658 e. The van der Waals surface area contributed by atoms with Crippen molar-refractivity contribution in [1.82, 2.24) is 0 Å². The first kappa shape index (κ1) is 11.1. The van der Waals surface area contributed by atoms with Gasteiger partial charge in [-0.1, -0.05) is 44.8 Å². The Bertz CT molecular complexity index is 127. The summed E-state index contributed by atoms with van der Waals surface area (Å²) < 4.78 is 0. The fourth-order valence-corrected chi connectivity index (χ4v) is 2.17. The monoisotopic (exact) mass is 180 g/mol. The van der Waals surface area contributed by atoms with E-state index in [0.29, 0.717) is 12.2 Å². The van der Waals surface area contributed by atoms with Crippen LogP contribution in [0.3, 0.4) is 0 Å². The highest BCUT2D eigenvalue weighted by atomic mass is 16.3. The van der Waals surface area contributed by atoms with Crippen molar-refractivity contribution >= 4 is 7.85 Å². The molecule has 13 heavy (non-hydrogen) atoms. The summed E-state index contributed by atoms with van der Waals surface area (Å²) in [7, 11) is 5.64. The molecule has 0 spiro atoms. The van der Waals surface area contributed by atoms with E-state index in [4.69, 9.17) is 7.85 Å². The average Bonchev–Trinajstić information content (AvgIpc) is 2.16. The highest BCUT2D eigenvalue weighted by Gasteiger charge is 2.16. The van der Waals surface area contributed by atoms with Gasteiger partial charge in [0.25, 0.3) is 0 Å². The Labute approximate surface area is 83.3 Å². The standard InChI is InChI=1S/C11H21BO/c12-9-10-7-5-3-1-2-4-6-8-11(10)13/h10-11,13H,1-9H2/t10-,11+/m0/s1. The molecule has 0 unspecified atom stereocenters. The van der Waals surface area contributed by atoms with Crippen LogP contribution in [0.25, 0.3) is 0 Å². The van der Waals surface area contributed by atoms with Crippen molar-refractivity contribution < 1.29 is 5.11 Å². The van der Waals surface area contributed by atoms with E-state index in [0.717, 1.165) is 12.8 Å². The van der Waals surface area contributed by atoms with Crippen molar-refractivity contribution in [3.05, 3.63) is 0 Å². The molecule has 0 aromatic rings. The summed E-state index contributed by atoms with van der Waals surface area (Å²) in [6.45, 7) is 0. The largest absolute Gasteiger partial charge is 0.393 e. The summed E-state index contributed by atoms with van der Waals surface area (Å²) in [4.78, 5) is 0. The van der Waals surface area contributed by atoms with Gasteiger partial charge in [-0.05, 0) is 18.8 Å². The van der Waals surface area contributed by atoms with Gasteiger partial charge in [0.1, 0.15) is 0 Å². The summed E-state index contributed by atoms with van der Waals surface area (Å²) in [6.07, 6.45) is 10.4. The van der Waals surface area contributed by atoms with E-state index in [-0.39, 0.29) is 6.10 Å². The van der Waals surface area contributed by atoms with E-state index in [1.807, 2.05) is 0 Å². The molecule has 0 bridgehead atoms. The molecule has 2 heteroatoms. The Balaban J connectivity index is 2.32. The van der Waals surface area contributed by atoms with Crippen LogP contribution in [-0.2, 0) is 0 Å². The first-order chi connectivity index (χ1) is 6.34. The van der Waals surface area contributed by atoms with Crippen LogP contribution in [0.4, 0.5) is 0 Å². The molecule has 0 aliphatic heterocycles. The highest BCUT2D eigenvalue weighted by Crippen LogP contribution is 2.23. The van der Waals surface area contributed by atoms with Gasteiger partial charge in [-0.15, -0.1) is 0 Å². The molecule has 1 N–H and O–H groups in total. The minimum absolute atomic E-state index is 0.136. The van der Waals surface area contributed by atoms with Gasteiger partial charge in [-0.2, -0.15) is 0 Å². The second-order valence-electron chi connectivity index (χ2n) is 4.26. The lowest BCUT2D eigenvalue weighted by Crippen LogP contribution is -2.20. The zero-order valence-corrected chi connectivity index (χ0v) is 8.54. The molecule has 0 aromatic heterocycles. The van der Waals surface area contributed by atoms with Crippen LogP contribution in [0, 0.1) is 5.92 Å². The van der Waals surface area contributed by atoms with Gasteiger partial charge in [0.2, 0.25) is 0 Å². The lowest BCUT2D eigenvalue weighted by atomic mass is 9.81. The molecule has 0 heterocycles. The Kier molecular flexibility index (Phi) is 5.53. The van der Waals surface area contributed by atoms with Crippen LogP contribution < -0.4 is 0 Å². The number of aliphatic hydroxyl groups is 1. The normalized spacial score (nSPS) is 32.7. The lowest BCUT2D eigenvalue weighted by molar-refractivity contribution is 0.0971. The fraction of sp³-hybridized carbons (Fsp3) is 1.00. The van der Waals surface area contributed by atoms with Crippen molar-refractivity contribution in [1.29, 1.82) is 0 Å². The van der Waals surface area contributed by atoms with Gasteiger partial charge in [0.05, 0.1) is 14.0 Å². The van der Waals surface area contributed by atoms with E-state index in [1.165, 1.54) is 38.5 Å². The Morgan fingerprint density at radius 3 is 2.08 bits per heavy atom. The third-order valence-corrected chi connectivity index (χ3v) is 3.17. The predicted molar refractivity (Wildman–Crippen MR) is 57.0 cm³/mol. The van der Waals surface area contributed by atoms with Crippen molar-refractivity contribution in [2.75, 3.05) is 0 Å². The van der Waals surface area contributed by atoms with Gasteiger partial charge in [0.15, 0.2) is 0 Å². The predicted octanol–water partition coefficient (Wildman–Crippen LogP) is 2.68. The summed E-state index contributed by atoms with van der Waals surface area (Å²) in [5, 5.41) is 9.81. The second-order valence-corrected chi connectivity index (χ2v) is 4.26. The van der Waals surface area contributed by atoms with Crippen LogP contribution in [0.5, 0.6) is 0 Å². The minimum Gasteiger partial charge on any atom is -0.393 e. The molecule has 1 aliphatic carbocycles. The van der Waals surface area contributed by atoms with Gasteiger partial charge >= 0.3 is 0 Å². The SMILES string of the molecule is [B]C[C@@H]1CCCCCCCC[C@H]1O. The van der Waals surface area contributed by atoms with Crippen molar-refractivity contribution in [2.45, 2.75) is 63.8 Å². The maximum absolute atomic E-state index is 9.81. The third-order valence-electron chi connectivity index (χ3n) is 3.17. The maximum Gasteiger partial charge on any atom is 0.0658 e. The molecule has 2 radical (unpaired) electrons. The van der Waals surface area contributed by atoms with Crippen LogP contribution in [0.2, 0.25) is 6.32 Å². The van der Waals surface area contributed by atoms with Crippen molar-refractivity contribution in [3.8, 4) is 0 Å². The molecule has 0 amide bonds. The van der Waals surface area contributed by atoms with Crippen molar-refractivity contribution in [3.63, 3.8) is 0 Å². The Morgan fingerprint density at radius 2 is 1.46 bits per heavy atom. The van der Waals surface area contributed by atoms with Crippen LogP contribution in [0.1, 0.15) is 51.4 Å². The van der Waals surface area contributed by atoms with Gasteiger partial charge < -0.3 is 5.11 Å². The fourth-order valence-electron chi connectivity index (χ4n) is 2.17. The molecule has 2 atom stereocenters. The molecule has 74 valence electrons. The summed E-state index contributed by atoms with van der Waals surface area (Å²) in [5.74, 6) is 0.359. The summed E-state index contributed by atoms with van der Waals surface area (Å²) >= 11 is 0. The number of hydrogen-bond acceptors (Lipinski definition) is 1. The first-order valence-corrected chi connectivity index (χ1v) is 5.72. The molecular formula is C11H21BO. The number of rotatable bonds is 1. The summed E-state index contributed by atoms with van der Waals surface area (Å²) in [5.41, 5.74) is 0. The molecule has 1 aliphatic rings. The second kappa shape index (κ2) is 6.47. The Hall–Kier alpha value is 0.0249. The molecule has 1 fully saturated rings. The Morgan fingerprint density at radius 1 is 0.923 bits per heavy atom. The third kappa shape index (κ3) is 4.17. The summed E-state index contributed by atoms with van der Waals surface area (Å²) in [6, 6.07) is 0. The average molecular weight is 180 g/mol. The minimum atomic E-state index is -0.136. The maximum atomic E-state index is 9.81. The van der Waals surface area contributed by atoms with Crippen LogP contribution >= 0.6 is 0 Å². The van der Waals surface area contributed by atoms with E-state index < -0.39 is 0 Å². The van der Waals surface area contributed by atoms with E-state index in [2.05, 4.69) is 0 Å². The van der Waals surface area contributed by atoms with Gasteiger partial charge in [-0.3, -0.25) is 0 Å². The highest BCUT2D eigenvalue weighted by molar-refractivity contribution is 6.08. The molecule has 0 aromatic carbocycles. The van der Waals surface area contributed by atoms with Gasteiger partial charge in [-0.25, -0.2) is 0 Å². The topological polar surface area (TPSA) is 20.2 Å². The van der Waals surface area contributed by atoms with E-state index in [1.54, 1.807) is 0 Å². The molecule has 1 saturated carbocycles. The zero-order chi connectivity index (χ0) is 9.52. The quantitative estimate of drug-likeness (QED) is 0.615. The molecule has 1 nitrogen and oxygen atoms in total. The van der Waals surface area contributed by atoms with E-state index >= 15 is 0 Å². The lowest BCUT2D eigenvalue weighted by Gasteiger charge is -2.22. The molecule has 0 saturated heterocycles. The van der Waals surface area contributed by atoms with E-state index in [9.17, 15) is 5.11 Å². The zero-order valence-electron chi connectivity index (χ0n) is 8.54. The molecular weight excluding hydrogens is 159 g/mol. The molecule has 1 rings (SSSR count). The first-order valence-electron chi connectivity index (χ1n) is 5.72. The van der Waals surface area contributed by atoms with Crippen molar-refractivity contribution in [2.24, 2.45) is 5.92 Å². The van der Waals surface area contributed by atoms with Crippen LogP contribution in [-0.4, -0.2) is 19.1 Å².